The highest BCUT2D eigenvalue weighted by molar-refractivity contribution is 5.95. The van der Waals surface area contributed by atoms with E-state index in [-0.39, 0.29) is 5.91 Å². The molecule has 0 saturated carbocycles. The zero-order valence-electron chi connectivity index (χ0n) is 19.9. The summed E-state index contributed by atoms with van der Waals surface area (Å²) in [7, 11) is 3.65. The predicted octanol–water partition coefficient (Wildman–Crippen LogP) is 4.37. The van der Waals surface area contributed by atoms with Crippen LogP contribution in [0.4, 0.5) is 5.69 Å². The molecule has 4 rings (SSSR count). The fourth-order valence-electron chi connectivity index (χ4n) is 4.18. The van der Waals surface area contributed by atoms with Gasteiger partial charge < -0.3 is 20.1 Å². The number of carbonyl (C=O) groups excluding carboxylic acids is 1. The van der Waals surface area contributed by atoms with Crippen LogP contribution in [0.15, 0.2) is 77.8 Å². The first kappa shape index (κ1) is 23.7. The van der Waals surface area contributed by atoms with E-state index >= 15 is 0 Å². The van der Waals surface area contributed by atoms with E-state index in [9.17, 15) is 9.90 Å². The Kier molecular flexibility index (Phi) is 7.40. The molecule has 0 fully saturated rings. The minimum atomic E-state index is -0.674. The maximum Gasteiger partial charge on any atom is 0.251 e. The first-order valence-corrected chi connectivity index (χ1v) is 11.5. The lowest BCUT2D eigenvalue weighted by molar-refractivity contribution is 0.0858. The van der Waals surface area contributed by atoms with Crippen LogP contribution in [-0.4, -0.2) is 55.2 Å². The van der Waals surface area contributed by atoms with Crippen molar-refractivity contribution >= 4 is 17.4 Å². The van der Waals surface area contributed by atoms with Crippen molar-refractivity contribution in [3.8, 4) is 11.1 Å². The summed E-state index contributed by atoms with van der Waals surface area (Å²) in [4.78, 5) is 19.7. The van der Waals surface area contributed by atoms with Gasteiger partial charge in [-0.05, 0) is 53.4 Å². The van der Waals surface area contributed by atoms with E-state index in [2.05, 4.69) is 5.32 Å². The Morgan fingerprint density at radius 1 is 1.09 bits per heavy atom. The minimum Gasteiger partial charge on any atom is -0.390 e. The van der Waals surface area contributed by atoms with Gasteiger partial charge in [0.2, 0.25) is 0 Å². The number of fused-ring (bicyclic) bond motifs is 1. The fourth-order valence-corrected chi connectivity index (χ4v) is 4.18. The molecule has 2 atom stereocenters. The molecule has 1 aliphatic carbocycles. The molecular weight excluding hydrogens is 426 g/mol. The molecule has 1 amide bonds. The summed E-state index contributed by atoms with van der Waals surface area (Å²) >= 11 is 0. The third kappa shape index (κ3) is 5.35. The highest BCUT2D eigenvalue weighted by Crippen LogP contribution is 2.34. The van der Waals surface area contributed by atoms with Crippen LogP contribution in [0, 0.1) is 0 Å². The zero-order chi connectivity index (χ0) is 24.1. The van der Waals surface area contributed by atoms with Gasteiger partial charge in [-0.3, -0.25) is 4.79 Å². The number of amides is 1. The lowest BCUT2D eigenvalue weighted by Gasteiger charge is -2.19. The number of aliphatic hydroxyl groups is 1. The molecule has 1 aliphatic rings. The molecule has 0 aromatic heterocycles. The number of likely N-dealkylation sites (N-methyl/N-ethyl adjacent to an activating group) is 1. The Bertz CT molecular complexity index is 1160. The van der Waals surface area contributed by atoms with Crippen LogP contribution in [0.25, 0.3) is 11.1 Å². The maximum atomic E-state index is 13.0. The first-order valence-electron chi connectivity index (χ1n) is 11.5. The van der Waals surface area contributed by atoms with Crippen LogP contribution in [-0.2, 0) is 11.2 Å². The number of aliphatic hydroxyl groups excluding tert-OH is 1. The first-order chi connectivity index (χ1) is 16.5. The van der Waals surface area contributed by atoms with Gasteiger partial charge in [-0.1, -0.05) is 48.5 Å². The smallest absolute Gasteiger partial charge is 0.251 e. The summed E-state index contributed by atoms with van der Waals surface area (Å²) < 4.78 is 5.14. The highest BCUT2D eigenvalue weighted by Gasteiger charge is 2.32. The molecule has 34 heavy (non-hydrogen) atoms. The number of carbonyl (C=O) groups is 1. The molecule has 2 N–H and O–H groups in total. The number of rotatable bonds is 7. The molecule has 3 aromatic carbocycles. The topological polar surface area (TPSA) is 74.2 Å². The molecule has 0 saturated heterocycles. The third-order valence-electron chi connectivity index (χ3n) is 6.29. The van der Waals surface area contributed by atoms with Crippen molar-refractivity contribution in [1.82, 2.24) is 10.2 Å². The van der Waals surface area contributed by atoms with E-state index in [0.717, 1.165) is 40.3 Å². The number of methoxy groups -OCH3 is 1. The van der Waals surface area contributed by atoms with E-state index in [1.165, 1.54) is 0 Å². The number of ether oxygens (including phenoxy) is 1. The summed E-state index contributed by atoms with van der Waals surface area (Å²) in [5.74, 6) is 0.663. The maximum absolute atomic E-state index is 13.0. The average Bonchev–Trinajstić information content (AvgIpc) is 3.17. The van der Waals surface area contributed by atoms with E-state index < -0.39 is 12.1 Å². The van der Waals surface area contributed by atoms with Gasteiger partial charge in [-0.25, -0.2) is 4.99 Å². The summed E-state index contributed by atoms with van der Waals surface area (Å²) in [6.45, 7) is 3.33. The second-order valence-electron chi connectivity index (χ2n) is 8.62. The predicted molar refractivity (Wildman–Crippen MR) is 136 cm³/mol. The van der Waals surface area contributed by atoms with Gasteiger partial charge in [0, 0.05) is 32.7 Å². The molecule has 0 heterocycles. The van der Waals surface area contributed by atoms with Crippen molar-refractivity contribution in [2.45, 2.75) is 25.5 Å². The number of hydrogen-bond acceptors (Lipinski definition) is 4. The van der Waals surface area contributed by atoms with Gasteiger partial charge >= 0.3 is 0 Å². The quantitative estimate of drug-likeness (QED) is 0.408. The zero-order valence-corrected chi connectivity index (χ0v) is 19.9. The van der Waals surface area contributed by atoms with Crippen molar-refractivity contribution in [2.75, 3.05) is 27.3 Å². The Hall–Kier alpha value is -3.48. The summed E-state index contributed by atoms with van der Waals surface area (Å²) in [6.07, 6.45) is -0.170. The van der Waals surface area contributed by atoms with Crippen LogP contribution in [0.1, 0.15) is 34.5 Å². The molecule has 0 radical (unpaired) electrons. The third-order valence-corrected chi connectivity index (χ3v) is 6.29. The molecule has 0 aliphatic heterocycles. The molecule has 6 heteroatoms. The van der Waals surface area contributed by atoms with Crippen LogP contribution < -0.4 is 5.32 Å². The van der Waals surface area contributed by atoms with Crippen molar-refractivity contribution in [2.24, 2.45) is 4.99 Å². The second-order valence-corrected chi connectivity index (χ2v) is 8.62. The van der Waals surface area contributed by atoms with Gasteiger partial charge in [0.25, 0.3) is 5.91 Å². The molecule has 0 spiro atoms. The molecule has 6 nitrogen and oxygen atoms in total. The standard InChI is InChI=1S/C28H31N3O3/c1-19(31(2)15-16-34-3)29-24-14-13-23-17-26(32)27(25(23)18-24)30-28(33)22-11-9-21(10-12-22)20-7-5-4-6-8-20/h4-14,18,26-27,32H,15-17H2,1-3H3,(H,30,33)/t26-,27?/m1/s1. The summed E-state index contributed by atoms with van der Waals surface area (Å²) in [6, 6.07) is 23.0. The number of benzene rings is 3. The van der Waals surface area contributed by atoms with Gasteiger partial charge in [-0.2, -0.15) is 0 Å². The number of amidine groups is 1. The summed E-state index contributed by atoms with van der Waals surface area (Å²) in [5, 5.41) is 13.7. The Labute approximate surface area is 200 Å². The molecule has 0 bridgehead atoms. The van der Waals surface area contributed by atoms with Crippen molar-refractivity contribution in [3.63, 3.8) is 0 Å². The van der Waals surface area contributed by atoms with E-state index in [4.69, 9.17) is 9.73 Å². The number of nitrogens with one attached hydrogen (secondary N) is 1. The lowest BCUT2D eigenvalue weighted by atomic mass is 10.0. The Morgan fingerprint density at radius 2 is 1.79 bits per heavy atom. The van der Waals surface area contributed by atoms with Gasteiger partial charge in [0.15, 0.2) is 0 Å². The number of nitrogens with zero attached hydrogens (tertiary/aromatic N) is 2. The van der Waals surface area contributed by atoms with Gasteiger partial charge in [0.1, 0.15) is 5.84 Å². The highest BCUT2D eigenvalue weighted by atomic mass is 16.5. The van der Waals surface area contributed by atoms with Crippen LogP contribution in [0.3, 0.4) is 0 Å². The summed E-state index contributed by atoms with van der Waals surface area (Å²) in [5.41, 5.74) is 5.45. The number of aliphatic imine (C=N–C) groups is 1. The molecule has 176 valence electrons. The Balaban J connectivity index is 1.49. The average molecular weight is 458 g/mol. The molecular formula is C28H31N3O3. The normalized spacial score (nSPS) is 17.4. The molecule has 1 unspecified atom stereocenters. The Morgan fingerprint density at radius 3 is 2.50 bits per heavy atom. The SMILES string of the molecule is COCCN(C)C(C)=Nc1ccc2c(c1)C(NC(=O)c1ccc(-c3ccccc3)cc1)[C@H](O)C2. The van der Waals surface area contributed by atoms with Crippen LogP contribution in [0.5, 0.6) is 0 Å². The van der Waals surface area contributed by atoms with Gasteiger partial charge in [-0.15, -0.1) is 0 Å². The van der Waals surface area contributed by atoms with E-state index in [0.29, 0.717) is 18.6 Å². The van der Waals surface area contributed by atoms with Crippen LogP contribution in [0.2, 0.25) is 0 Å². The monoisotopic (exact) mass is 457 g/mol. The van der Waals surface area contributed by atoms with Gasteiger partial charge in [0.05, 0.1) is 24.4 Å². The van der Waals surface area contributed by atoms with Crippen molar-refractivity contribution < 1.29 is 14.6 Å². The largest absolute Gasteiger partial charge is 0.390 e. The lowest BCUT2D eigenvalue weighted by Crippen LogP contribution is -2.33. The molecule has 3 aromatic rings. The van der Waals surface area contributed by atoms with E-state index in [1.54, 1.807) is 7.11 Å². The minimum absolute atomic E-state index is 0.208. The van der Waals surface area contributed by atoms with Crippen molar-refractivity contribution in [3.05, 3.63) is 89.5 Å². The number of hydrogen-bond donors (Lipinski definition) is 2. The van der Waals surface area contributed by atoms with Crippen LogP contribution >= 0.6 is 0 Å². The fraction of sp³-hybridized carbons (Fsp3) is 0.286. The second kappa shape index (κ2) is 10.6. The van der Waals surface area contributed by atoms with Crippen molar-refractivity contribution in [1.29, 1.82) is 0 Å². The van der Waals surface area contributed by atoms with E-state index in [1.807, 2.05) is 91.7 Å².